The minimum atomic E-state index is -0.191. The highest BCUT2D eigenvalue weighted by Crippen LogP contribution is 2.26. The quantitative estimate of drug-likeness (QED) is 0.912. The first-order chi connectivity index (χ1) is 10.7. The number of benzene rings is 1. The summed E-state index contributed by atoms with van der Waals surface area (Å²) in [5.41, 5.74) is 0.963. The Kier molecular flexibility index (Phi) is 4.86. The van der Waals surface area contributed by atoms with Crippen LogP contribution in [0.15, 0.2) is 35.3 Å². The predicted molar refractivity (Wildman–Crippen MR) is 91.3 cm³/mol. The van der Waals surface area contributed by atoms with Crippen LogP contribution in [0.1, 0.15) is 0 Å². The molecule has 2 aromatic rings. The Morgan fingerprint density at radius 2 is 2.09 bits per heavy atom. The Morgan fingerprint density at radius 1 is 1.27 bits per heavy atom. The number of amides is 2. The fourth-order valence-corrected chi connectivity index (χ4v) is 4.04. The standard InChI is InChI=1S/C13H10N4O2S3/c18-9(6-20-13-15-10(19)7-21-13)14-12-17-16-11(22-12)8-4-2-1-3-5-8/h1-5H,6-7H2,(H,14,17,18). The third-order valence-electron chi connectivity index (χ3n) is 2.55. The van der Waals surface area contributed by atoms with E-state index in [0.717, 1.165) is 10.6 Å². The highest BCUT2D eigenvalue weighted by Gasteiger charge is 2.17. The Morgan fingerprint density at radius 3 is 2.82 bits per heavy atom. The van der Waals surface area contributed by atoms with E-state index in [-0.39, 0.29) is 17.6 Å². The largest absolute Gasteiger partial charge is 0.300 e. The van der Waals surface area contributed by atoms with Crippen molar-refractivity contribution in [1.82, 2.24) is 10.2 Å². The van der Waals surface area contributed by atoms with Crippen LogP contribution in [-0.4, -0.2) is 37.9 Å². The van der Waals surface area contributed by atoms with Gasteiger partial charge in [0.1, 0.15) is 9.38 Å². The van der Waals surface area contributed by atoms with Gasteiger partial charge in [-0.15, -0.1) is 10.2 Å². The number of hydrogen-bond donors (Lipinski definition) is 1. The number of thioether (sulfide) groups is 2. The number of nitrogens with zero attached hydrogens (tertiary/aromatic N) is 3. The average Bonchev–Trinajstić information content (AvgIpc) is 3.15. The number of aromatic nitrogens is 2. The smallest absolute Gasteiger partial charge is 0.257 e. The van der Waals surface area contributed by atoms with Crippen molar-refractivity contribution in [3.63, 3.8) is 0 Å². The lowest BCUT2D eigenvalue weighted by Crippen LogP contribution is -2.14. The first kappa shape index (κ1) is 15.2. The van der Waals surface area contributed by atoms with Crippen LogP contribution in [0.25, 0.3) is 10.6 Å². The molecule has 0 unspecified atom stereocenters. The van der Waals surface area contributed by atoms with Crippen LogP contribution in [0, 0.1) is 0 Å². The normalized spacial score (nSPS) is 14.0. The van der Waals surface area contributed by atoms with Gasteiger partial charge in [0.25, 0.3) is 5.91 Å². The zero-order chi connectivity index (χ0) is 15.4. The molecule has 9 heteroatoms. The van der Waals surface area contributed by atoms with Gasteiger partial charge in [0.2, 0.25) is 11.0 Å². The second kappa shape index (κ2) is 7.03. The maximum atomic E-state index is 11.9. The summed E-state index contributed by atoms with van der Waals surface area (Å²) < 4.78 is 0.641. The summed E-state index contributed by atoms with van der Waals surface area (Å²) in [4.78, 5) is 26.7. The molecule has 22 heavy (non-hydrogen) atoms. The van der Waals surface area contributed by atoms with Crippen LogP contribution >= 0.6 is 34.9 Å². The van der Waals surface area contributed by atoms with Gasteiger partial charge in [-0.1, -0.05) is 65.2 Å². The molecule has 0 radical (unpaired) electrons. The lowest BCUT2D eigenvalue weighted by atomic mass is 10.2. The lowest BCUT2D eigenvalue weighted by molar-refractivity contribution is -0.115. The number of rotatable bonds is 4. The monoisotopic (exact) mass is 350 g/mol. The van der Waals surface area contributed by atoms with Gasteiger partial charge in [0.05, 0.1) is 11.5 Å². The maximum absolute atomic E-state index is 11.9. The molecule has 3 rings (SSSR count). The molecule has 0 bridgehead atoms. The number of anilines is 1. The van der Waals surface area contributed by atoms with Gasteiger partial charge in [-0.3, -0.25) is 14.9 Å². The molecule has 6 nitrogen and oxygen atoms in total. The summed E-state index contributed by atoms with van der Waals surface area (Å²) in [7, 11) is 0. The molecule has 0 fully saturated rings. The minimum absolute atomic E-state index is 0.149. The molecule has 1 aromatic carbocycles. The molecule has 112 valence electrons. The molecule has 2 amide bonds. The number of hydrogen-bond acceptors (Lipinski definition) is 7. The van der Waals surface area contributed by atoms with Crippen LogP contribution in [0.2, 0.25) is 0 Å². The van der Waals surface area contributed by atoms with Gasteiger partial charge in [-0.2, -0.15) is 4.99 Å². The third kappa shape index (κ3) is 3.93. The molecule has 0 saturated carbocycles. The van der Waals surface area contributed by atoms with E-state index >= 15 is 0 Å². The van der Waals surface area contributed by atoms with Crippen molar-refractivity contribution in [1.29, 1.82) is 0 Å². The van der Waals surface area contributed by atoms with E-state index in [0.29, 0.717) is 15.3 Å². The molecule has 0 spiro atoms. The number of aliphatic imine (C=N–C) groups is 1. The van der Waals surface area contributed by atoms with Crippen LogP contribution in [0.3, 0.4) is 0 Å². The summed E-state index contributed by atoms with van der Waals surface area (Å²) in [6.07, 6.45) is 0. The zero-order valence-corrected chi connectivity index (χ0v) is 13.6. The van der Waals surface area contributed by atoms with E-state index in [1.165, 1.54) is 34.9 Å². The van der Waals surface area contributed by atoms with Gasteiger partial charge in [-0.25, -0.2) is 0 Å². The van der Waals surface area contributed by atoms with Gasteiger partial charge in [-0.05, 0) is 0 Å². The molecule has 1 N–H and O–H groups in total. The van der Waals surface area contributed by atoms with Crippen molar-refractivity contribution in [2.24, 2.45) is 4.99 Å². The van der Waals surface area contributed by atoms with E-state index < -0.39 is 0 Å². The van der Waals surface area contributed by atoms with Crippen molar-refractivity contribution in [2.45, 2.75) is 0 Å². The van der Waals surface area contributed by atoms with Crippen LogP contribution in [0.4, 0.5) is 5.13 Å². The molecule has 0 atom stereocenters. The summed E-state index contributed by atoms with van der Waals surface area (Å²) in [6.45, 7) is 0. The fourth-order valence-electron chi connectivity index (χ4n) is 1.62. The Hall–Kier alpha value is -1.71. The second-order valence-corrected chi connectivity index (χ2v) is 7.34. The highest BCUT2D eigenvalue weighted by atomic mass is 32.2. The Bertz CT molecular complexity index is 730. The fraction of sp³-hybridized carbons (Fsp3) is 0.154. The van der Waals surface area contributed by atoms with Gasteiger partial charge in [0.15, 0.2) is 0 Å². The van der Waals surface area contributed by atoms with Gasteiger partial charge in [0, 0.05) is 5.56 Å². The number of carbonyl (C=O) groups excluding carboxylic acids is 2. The van der Waals surface area contributed by atoms with Crippen molar-refractivity contribution in [3.05, 3.63) is 30.3 Å². The summed E-state index contributed by atoms with van der Waals surface area (Å²) in [5.74, 6) is 0.216. The van der Waals surface area contributed by atoms with Crippen molar-refractivity contribution in [2.75, 3.05) is 16.8 Å². The van der Waals surface area contributed by atoms with Crippen molar-refractivity contribution < 1.29 is 9.59 Å². The zero-order valence-electron chi connectivity index (χ0n) is 11.2. The minimum Gasteiger partial charge on any atom is -0.300 e. The molecule has 1 aliphatic rings. The lowest BCUT2D eigenvalue weighted by Gasteiger charge is -1.99. The van der Waals surface area contributed by atoms with E-state index in [1.807, 2.05) is 30.3 Å². The summed E-state index contributed by atoms with van der Waals surface area (Å²) in [6, 6.07) is 9.65. The number of nitrogens with one attached hydrogen (secondary N) is 1. The first-order valence-electron chi connectivity index (χ1n) is 6.26. The molecular weight excluding hydrogens is 340 g/mol. The van der Waals surface area contributed by atoms with Crippen LogP contribution in [0.5, 0.6) is 0 Å². The van der Waals surface area contributed by atoms with E-state index in [1.54, 1.807) is 0 Å². The highest BCUT2D eigenvalue weighted by molar-refractivity contribution is 8.39. The maximum Gasteiger partial charge on any atom is 0.257 e. The molecule has 1 aliphatic heterocycles. The van der Waals surface area contributed by atoms with Crippen molar-refractivity contribution in [3.8, 4) is 10.6 Å². The predicted octanol–water partition coefficient (Wildman–Crippen LogP) is 2.51. The molecule has 2 heterocycles. The van der Waals surface area contributed by atoms with Crippen LogP contribution < -0.4 is 5.32 Å². The Labute approximate surface area is 138 Å². The second-order valence-electron chi connectivity index (χ2n) is 4.18. The molecular formula is C13H10N4O2S3. The summed E-state index contributed by atoms with van der Waals surface area (Å²) in [5, 5.41) is 11.9. The topological polar surface area (TPSA) is 84.3 Å². The molecule has 0 saturated heterocycles. The van der Waals surface area contributed by atoms with E-state index in [9.17, 15) is 9.59 Å². The summed E-state index contributed by atoms with van der Waals surface area (Å²) >= 11 is 3.93. The third-order valence-corrected chi connectivity index (χ3v) is 5.62. The first-order valence-corrected chi connectivity index (χ1v) is 9.05. The van der Waals surface area contributed by atoms with Crippen molar-refractivity contribution >= 4 is 56.2 Å². The van der Waals surface area contributed by atoms with Gasteiger partial charge < -0.3 is 0 Å². The SMILES string of the molecule is O=C1CSC(SCC(=O)Nc2nnc(-c3ccccc3)s2)=N1. The number of carbonyl (C=O) groups is 2. The van der Waals surface area contributed by atoms with E-state index in [4.69, 9.17) is 0 Å². The average molecular weight is 350 g/mol. The van der Waals surface area contributed by atoms with Gasteiger partial charge >= 0.3 is 0 Å². The Balaban J connectivity index is 1.55. The molecule has 0 aliphatic carbocycles. The molecule has 1 aromatic heterocycles. The van der Waals surface area contributed by atoms with E-state index in [2.05, 4.69) is 20.5 Å². The van der Waals surface area contributed by atoms with Crippen LogP contribution in [-0.2, 0) is 9.59 Å².